The number of nitrogens with zero attached hydrogens (tertiary/aromatic N) is 1. The third-order valence-electron chi connectivity index (χ3n) is 4.84. The standard InChI is InChI=1S/C17H30N2O2/c1-3-7-17(8-5-4-6-9-17)16(20)18-15(2)14-19-10-12-21-13-11-19/h3,15H,1,4-14H2,2H3,(H,18,20)/t15-/m0/s1. The summed E-state index contributed by atoms with van der Waals surface area (Å²) in [5.41, 5.74) is -0.195. The summed E-state index contributed by atoms with van der Waals surface area (Å²) in [5.74, 6) is 0.239. The van der Waals surface area contributed by atoms with Crippen molar-refractivity contribution >= 4 is 5.91 Å². The smallest absolute Gasteiger partial charge is 0.226 e. The minimum absolute atomic E-state index is 0.194. The number of hydrogen-bond acceptors (Lipinski definition) is 3. The zero-order valence-electron chi connectivity index (χ0n) is 13.4. The van der Waals surface area contributed by atoms with Crippen LogP contribution in [0.4, 0.5) is 0 Å². The van der Waals surface area contributed by atoms with Crippen LogP contribution in [0.25, 0.3) is 0 Å². The number of morpholine rings is 1. The van der Waals surface area contributed by atoms with Gasteiger partial charge >= 0.3 is 0 Å². The molecule has 0 radical (unpaired) electrons. The summed E-state index contributed by atoms with van der Waals surface area (Å²) in [7, 11) is 0. The lowest BCUT2D eigenvalue weighted by molar-refractivity contribution is -0.133. The summed E-state index contributed by atoms with van der Waals surface area (Å²) in [6, 6.07) is 0.194. The van der Waals surface area contributed by atoms with Crippen LogP contribution in [0.3, 0.4) is 0 Å². The van der Waals surface area contributed by atoms with Gasteiger partial charge in [-0.1, -0.05) is 25.3 Å². The van der Waals surface area contributed by atoms with Gasteiger partial charge in [0.15, 0.2) is 0 Å². The van der Waals surface area contributed by atoms with Crippen molar-refractivity contribution in [2.24, 2.45) is 5.41 Å². The van der Waals surface area contributed by atoms with E-state index < -0.39 is 0 Å². The van der Waals surface area contributed by atoms with Crippen LogP contribution in [-0.2, 0) is 9.53 Å². The Morgan fingerprint density at radius 1 is 1.33 bits per heavy atom. The maximum absolute atomic E-state index is 12.8. The van der Waals surface area contributed by atoms with Crippen molar-refractivity contribution < 1.29 is 9.53 Å². The molecule has 120 valence electrons. The van der Waals surface area contributed by atoms with Crippen molar-refractivity contribution in [2.75, 3.05) is 32.8 Å². The molecule has 1 saturated heterocycles. The number of rotatable bonds is 6. The molecule has 1 aliphatic heterocycles. The zero-order chi connectivity index (χ0) is 15.1. The summed E-state index contributed by atoms with van der Waals surface area (Å²) in [5, 5.41) is 3.25. The Morgan fingerprint density at radius 3 is 2.62 bits per heavy atom. The topological polar surface area (TPSA) is 41.6 Å². The van der Waals surface area contributed by atoms with E-state index >= 15 is 0 Å². The third kappa shape index (κ3) is 4.55. The van der Waals surface area contributed by atoms with E-state index in [0.717, 1.165) is 52.1 Å². The van der Waals surface area contributed by atoms with Gasteiger partial charge in [0.25, 0.3) is 0 Å². The first-order valence-corrected chi connectivity index (χ1v) is 8.38. The molecule has 0 aromatic rings. The highest BCUT2D eigenvalue weighted by Gasteiger charge is 2.38. The first-order chi connectivity index (χ1) is 10.2. The van der Waals surface area contributed by atoms with E-state index in [2.05, 4.69) is 23.7 Å². The first-order valence-electron chi connectivity index (χ1n) is 8.38. The van der Waals surface area contributed by atoms with Gasteiger partial charge in [0, 0.05) is 25.7 Å². The highest BCUT2D eigenvalue weighted by atomic mass is 16.5. The van der Waals surface area contributed by atoms with Gasteiger partial charge in [0.05, 0.1) is 18.6 Å². The Hall–Kier alpha value is -0.870. The molecule has 1 atom stereocenters. The fraction of sp³-hybridized carbons (Fsp3) is 0.824. The molecule has 1 amide bonds. The Bertz CT molecular complexity index is 345. The second-order valence-corrected chi connectivity index (χ2v) is 6.62. The van der Waals surface area contributed by atoms with Crippen molar-refractivity contribution in [3.8, 4) is 0 Å². The fourth-order valence-corrected chi connectivity index (χ4v) is 3.62. The molecule has 4 nitrogen and oxygen atoms in total. The molecule has 1 saturated carbocycles. The minimum Gasteiger partial charge on any atom is -0.379 e. The van der Waals surface area contributed by atoms with E-state index in [1.54, 1.807) is 0 Å². The highest BCUT2D eigenvalue weighted by Crippen LogP contribution is 2.39. The molecular weight excluding hydrogens is 264 g/mol. The molecule has 1 heterocycles. The van der Waals surface area contributed by atoms with Crippen molar-refractivity contribution in [1.82, 2.24) is 10.2 Å². The Labute approximate surface area is 128 Å². The van der Waals surface area contributed by atoms with Gasteiger partial charge in [0.1, 0.15) is 0 Å². The monoisotopic (exact) mass is 294 g/mol. The van der Waals surface area contributed by atoms with Gasteiger partial charge in [-0.25, -0.2) is 0 Å². The third-order valence-corrected chi connectivity index (χ3v) is 4.84. The van der Waals surface area contributed by atoms with Crippen molar-refractivity contribution in [3.63, 3.8) is 0 Å². The first kappa shape index (κ1) is 16.5. The van der Waals surface area contributed by atoms with Gasteiger partial charge in [-0.15, -0.1) is 6.58 Å². The summed E-state index contributed by atoms with van der Waals surface area (Å²) >= 11 is 0. The second kappa shape index (κ2) is 7.95. The van der Waals surface area contributed by atoms with Gasteiger partial charge in [0.2, 0.25) is 5.91 Å². The van der Waals surface area contributed by atoms with Crippen LogP contribution in [0.15, 0.2) is 12.7 Å². The SMILES string of the molecule is C=CCC1(C(=O)N[C@@H](C)CN2CCOCC2)CCCCC1. The van der Waals surface area contributed by atoms with E-state index in [1.807, 2.05) is 6.08 Å². The summed E-state index contributed by atoms with van der Waals surface area (Å²) in [6.07, 6.45) is 8.33. The molecule has 2 aliphatic rings. The molecule has 0 aromatic carbocycles. The normalized spacial score (nSPS) is 24.2. The van der Waals surface area contributed by atoms with Crippen molar-refractivity contribution in [1.29, 1.82) is 0 Å². The molecule has 0 bridgehead atoms. The number of carbonyl (C=O) groups excluding carboxylic acids is 1. The van der Waals surface area contributed by atoms with Gasteiger partial charge in [-0.3, -0.25) is 9.69 Å². The van der Waals surface area contributed by atoms with Crippen LogP contribution in [0.1, 0.15) is 45.4 Å². The molecule has 1 aliphatic carbocycles. The molecule has 4 heteroatoms. The lowest BCUT2D eigenvalue weighted by Gasteiger charge is -2.37. The number of carbonyl (C=O) groups is 1. The van der Waals surface area contributed by atoms with Crippen LogP contribution in [0.5, 0.6) is 0 Å². The van der Waals surface area contributed by atoms with Gasteiger partial charge in [-0.05, 0) is 26.2 Å². The average molecular weight is 294 g/mol. The number of ether oxygens (including phenoxy) is 1. The lowest BCUT2D eigenvalue weighted by Crippen LogP contribution is -2.50. The molecule has 1 N–H and O–H groups in total. The van der Waals surface area contributed by atoms with Crippen molar-refractivity contribution in [3.05, 3.63) is 12.7 Å². The molecule has 0 spiro atoms. The molecule has 0 unspecified atom stereocenters. The van der Waals surface area contributed by atoms with E-state index in [9.17, 15) is 4.79 Å². The zero-order valence-corrected chi connectivity index (χ0v) is 13.4. The lowest BCUT2D eigenvalue weighted by atomic mass is 9.71. The van der Waals surface area contributed by atoms with E-state index in [4.69, 9.17) is 4.74 Å². The molecule has 2 rings (SSSR count). The predicted molar refractivity (Wildman–Crippen MR) is 85.2 cm³/mol. The number of hydrogen-bond donors (Lipinski definition) is 1. The summed E-state index contributed by atoms with van der Waals surface area (Å²) in [4.78, 5) is 15.1. The molecular formula is C17H30N2O2. The van der Waals surface area contributed by atoms with Crippen LogP contribution >= 0.6 is 0 Å². The fourth-order valence-electron chi connectivity index (χ4n) is 3.62. The Morgan fingerprint density at radius 2 is 2.00 bits per heavy atom. The van der Waals surface area contributed by atoms with Crippen LogP contribution in [0, 0.1) is 5.41 Å². The molecule has 0 aromatic heterocycles. The maximum atomic E-state index is 12.8. The van der Waals surface area contributed by atoms with Gasteiger partial charge < -0.3 is 10.1 Å². The van der Waals surface area contributed by atoms with E-state index in [-0.39, 0.29) is 17.4 Å². The minimum atomic E-state index is -0.195. The van der Waals surface area contributed by atoms with E-state index in [0.29, 0.717) is 0 Å². The van der Waals surface area contributed by atoms with Crippen LogP contribution in [0.2, 0.25) is 0 Å². The largest absolute Gasteiger partial charge is 0.379 e. The quantitative estimate of drug-likeness (QED) is 0.765. The predicted octanol–water partition coefficient (Wildman–Crippen LogP) is 2.35. The highest BCUT2D eigenvalue weighted by molar-refractivity contribution is 5.83. The Kier molecular flexibility index (Phi) is 6.24. The number of nitrogens with one attached hydrogen (secondary N) is 1. The average Bonchev–Trinajstić information content (AvgIpc) is 2.49. The van der Waals surface area contributed by atoms with Gasteiger partial charge in [-0.2, -0.15) is 0 Å². The summed E-state index contributed by atoms with van der Waals surface area (Å²) in [6.45, 7) is 10.4. The van der Waals surface area contributed by atoms with Crippen LogP contribution in [-0.4, -0.2) is 49.7 Å². The second-order valence-electron chi connectivity index (χ2n) is 6.62. The Balaban J connectivity index is 1.86. The number of amides is 1. The summed E-state index contributed by atoms with van der Waals surface area (Å²) < 4.78 is 5.37. The number of allylic oxidation sites excluding steroid dienone is 1. The van der Waals surface area contributed by atoms with Crippen LogP contribution < -0.4 is 5.32 Å². The maximum Gasteiger partial charge on any atom is 0.226 e. The molecule has 2 fully saturated rings. The van der Waals surface area contributed by atoms with E-state index in [1.165, 1.54) is 19.3 Å². The molecule has 21 heavy (non-hydrogen) atoms. The van der Waals surface area contributed by atoms with Crippen molar-refractivity contribution in [2.45, 2.75) is 51.5 Å².